The molecule has 1 aliphatic rings. The van der Waals surface area contributed by atoms with Crippen LogP contribution in [0.15, 0.2) is 40.4 Å². The standard InChI is InChI=1S/C18H18ClF3O2/c1-3-24-17(23)16-11(2)12(8-6-10-15(16)19)13-7-4-5-9-14(13)18(20,21)22/h4-5,7,9H,3,6,8,10H2,1-2H3. The van der Waals surface area contributed by atoms with Crippen molar-refractivity contribution < 1.29 is 22.7 Å². The Labute approximate surface area is 144 Å². The number of benzene rings is 1. The minimum absolute atomic E-state index is 0.0932. The Bertz CT molecular complexity index is 702. The second-order valence-electron chi connectivity index (χ2n) is 5.50. The summed E-state index contributed by atoms with van der Waals surface area (Å²) < 4.78 is 45.0. The lowest BCUT2D eigenvalue weighted by molar-refractivity contribution is -0.138. The Morgan fingerprint density at radius 2 is 1.92 bits per heavy atom. The fraction of sp³-hybridized carbons (Fsp3) is 0.389. The molecule has 0 fully saturated rings. The second-order valence-corrected chi connectivity index (χ2v) is 5.96. The van der Waals surface area contributed by atoms with Gasteiger partial charge in [-0.25, -0.2) is 4.79 Å². The summed E-state index contributed by atoms with van der Waals surface area (Å²) in [5, 5.41) is 0.338. The highest BCUT2D eigenvalue weighted by atomic mass is 35.5. The molecule has 0 heterocycles. The van der Waals surface area contributed by atoms with Gasteiger partial charge in [-0.3, -0.25) is 0 Å². The fourth-order valence-corrected chi connectivity index (χ4v) is 3.24. The molecule has 6 heteroatoms. The number of hydrogen-bond acceptors (Lipinski definition) is 2. The van der Waals surface area contributed by atoms with Gasteiger partial charge in [0.2, 0.25) is 0 Å². The van der Waals surface area contributed by atoms with Gasteiger partial charge in [-0.2, -0.15) is 13.2 Å². The molecule has 0 atom stereocenters. The van der Waals surface area contributed by atoms with Crippen LogP contribution in [0.3, 0.4) is 0 Å². The maximum Gasteiger partial charge on any atom is 0.416 e. The summed E-state index contributed by atoms with van der Waals surface area (Å²) in [4.78, 5) is 12.2. The van der Waals surface area contributed by atoms with Crippen LogP contribution in [-0.4, -0.2) is 12.6 Å². The summed E-state index contributed by atoms with van der Waals surface area (Å²) in [6.07, 6.45) is -3.04. The average molecular weight is 359 g/mol. The lowest BCUT2D eigenvalue weighted by atomic mass is 9.91. The third-order valence-electron chi connectivity index (χ3n) is 3.96. The normalized spacial score (nSPS) is 16.2. The topological polar surface area (TPSA) is 26.3 Å². The molecule has 1 aromatic rings. The van der Waals surface area contributed by atoms with Crippen molar-refractivity contribution in [3.8, 4) is 0 Å². The Kier molecular flexibility index (Phi) is 5.75. The Morgan fingerprint density at radius 1 is 1.25 bits per heavy atom. The van der Waals surface area contributed by atoms with Gasteiger partial charge < -0.3 is 4.74 Å². The maximum absolute atomic E-state index is 13.3. The van der Waals surface area contributed by atoms with Crippen LogP contribution in [0.5, 0.6) is 0 Å². The quantitative estimate of drug-likeness (QED) is 0.646. The van der Waals surface area contributed by atoms with Crippen molar-refractivity contribution in [2.45, 2.75) is 39.3 Å². The molecule has 24 heavy (non-hydrogen) atoms. The number of esters is 1. The maximum atomic E-state index is 13.3. The summed E-state index contributed by atoms with van der Waals surface area (Å²) in [6.45, 7) is 3.47. The van der Waals surface area contributed by atoms with E-state index in [2.05, 4.69) is 0 Å². The summed E-state index contributed by atoms with van der Waals surface area (Å²) in [7, 11) is 0. The average Bonchev–Trinajstić information content (AvgIpc) is 2.65. The third-order valence-corrected chi connectivity index (χ3v) is 4.34. The molecule has 0 aliphatic heterocycles. The number of allylic oxidation sites excluding steroid dienone is 2. The lowest BCUT2D eigenvalue weighted by Gasteiger charge is -2.18. The van der Waals surface area contributed by atoms with E-state index in [1.54, 1.807) is 19.9 Å². The van der Waals surface area contributed by atoms with Crippen LogP contribution >= 0.6 is 11.6 Å². The van der Waals surface area contributed by atoms with E-state index in [-0.39, 0.29) is 17.7 Å². The van der Waals surface area contributed by atoms with Crippen molar-refractivity contribution >= 4 is 23.1 Å². The van der Waals surface area contributed by atoms with E-state index >= 15 is 0 Å². The zero-order chi connectivity index (χ0) is 17.9. The molecular weight excluding hydrogens is 341 g/mol. The predicted octanol–water partition coefficient (Wildman–Crippen LogP) is 5.72. The third kappa shape index (κ3) is 3.83. The molecule has 0 unspecified atom stereocenters. The molecule has 2 nitrogen and oxygen atoms in total. The van der Waals surface area contributed by atoms with Crippen molar-refractivity contribution in [2.75, 3.05) is 6.61 Å². The highest BCUT2D eigenvalue weighted by Gasteiger charge is 2.35. The van der Waals surface area contributed by atoms with Gasteiger partial charge in [0.05, 0.1) is 17.7 Å². The first kappa shape index (κ1) is 18.6. The van der Waals surface area contributed by atoms with E-state index in [0.717, 1.165) is 6.07 Å². The van der Waals surface area contributed by atoms with Gasteiger partial charge in [-0.15, -0.1) is 0 Å². The van der Waals surface area contributed by atoms with Gasteiger partial charge in [-0.1, -0.05) is 29.8 Å². The summed E-state index contributed by atoms with van der Waals surface area (Å²) in [5.41, 5.74) is 0.508. The van der Waals surface area contributed by atoms with Crippen molar-refractivity contribution in [2.24, 2.45) is 0 Å². The molecule has 0 N–H and O–H groups in total. The first-order valence-corrected chi connectivity index (χ1v) is 8.07. The van der Waals surface area contributed by atoms with Gasteiger partial charge in [0.15, 0.2) is 0 Å². The van der Waals surface area contributed by atoms with Crippen LogP contribution in [0.2, 0.25) is 0 Å². The zero-order valence-corrected chi connectivity index (χ0v) is 14.2. The molecule has 0 saturated carbocycles. The molecule has 0 spiro atoms. The fourth-order valence-electron chi connectivity index (χ4n) is 2.88. The van der Waals surface area contributed by atoms with E-state index in [1.807, 2.05) is 0 Å². The van der Waals surface area contributed by atoms with Crippen LogP contribution in [0.1, 0.15) is 44.2 Å². The van der Waals surface area contributed by atoms with Crippen molar-refractivity contribution in [3.05, 3.63) is 51.6 Å². The summed E-state index contributed by atoms with van der Waals surface area (Å²) in [5.74, 6) is -0.594. The van der Waals surface area contributed by atoms with Crippen LogP contribution in [0.25, 0.3) is 5.57 Å². The minimum atomic E-state index is -4.46. The number of alkyl halides is 3. The predicted molar refractivity (Wildman–Crippen MR) is 87.4 cm³/mol. The monoisotopic (exact) mass is 358 g/mol. The highest BCUT2D eigenvalue weighted by Crippen LogP contribution is 2.41. The van der Waals surface area contributed by atoms with Crippen LogP contribution < -0.4 is 0 Å². The van der Waals surface area contributed by atoms with E-state index in [1.165, 1.54) is 12.1 Å². The molecule has 1 aromatic carbocycles. The largest absolute Gasteiger partial charge is 0.462 e. The van der Waals surface area contributed by atoms with Crippen molar-refractivity contribution in [1.29, 1.82) is 0 Å². The number of halogens is 4. The molecule has 130 valence electrons. The van der Waals surface area contributed by atoms with Gasteiger partial charge in [0.1, 0.15) is 0 Å². The highest BCUT2D eigenvalue weighted by molar-refractivity contribution is 6.32. The van der Waals surface area contributed by atoms with Crippen LogP contribution in [0, 0.1) is 0 Å². The molecular formula is C18H18ClF3O2. The summed E-state index contributed by atoms with van der Waals surface area (Å²) >= 11 is 6.22. The molecule has 0 bridgehead atoms. The smallest absolute Gasteiger partial charge is 0.416 e. The first-order valence-electron chi connectivity index (χ1n) is 7.69. The molecule has 0 saturated heterocycles. The van der Waals surface area contributed by atoms with E-state index in [9.17, 15) is 18.0 Å². The summed E-state index contributed by atoms with van der Waals surface area (Å²) in [6, 6.07) is 5.40. The molecule has 0 radical (unpaired) electrons. The number of hydrogen-bond donors (Lipinski definition) is 0. The molecule has 0 aromatic heterocycles. The van der Waals surface area contributed by atoms with E-state index in [0.29, 0.717) is 35.4 Å². The van der Waals surface area contributed by atoms with Crippen molar-refractivity contribution in [1.82, 2.24) is 0 Å². The van der Waals surface area contributed by atoms with Gasteiger partial charge >= 0.3 is 12.1 Å². The first-order chi connectivity index (χ1) is 11.3. The van der Waals surface area contributed by atoms with E-state index in [4.69, 9.17) is 16.3 Å². The van der Waals surface area contributed by atoms with Crippen molar-refractivity contribution in [3.63, 3.8) is 0 Å². The zero-order valence-electron chi connectivity index (χ0n) is 13.5. The SMILES string of the molecule is CCOC(=O)C1=C(Cl)CCCC(c2ccccc2C(F)(F)F)=C1C. The number of rotatable bonds is 3. The van der Waals surface area contributed by atoms with Crippen LogP contribution in [0.4, 0.5) is 13.2 Å². The number of carbonyl (C=O) groups is 1. The number of carbonyl (C=O) groups excluding carboxylic acids is 1. The Balaban J connectivity index is 2.64. The Morgan fingerprint density at radius 3 is 2.54 bits per heavy atom. The van der Waals surface area contributed by atoms with Gasteiger partial charge in [0.25, 0.3) is 0 Å². The van der Waals surface area contributed by atoms with Crippen LogP contribution in [-0.2, 0) is 15.7 Å². The van der Waals surface area contributed by atoms with Gasteiger partial charge in [0, 0.05) is 5.03 Å². The van der Waals surface area contributed by atoms with E-state index < -0.39 is 17.7 Å². The Hall–Kier alpha value is -1.75. The molecule has 1 aliphatic carbocycles. The number of ether oxygens (including phenoxy) is 1. The van der Waals surface area contributed by atoms with Gasteiger partial charge in [-0.05, 0) is 55.9 Å². The second kappa shape index (κ2) is 7.43. The minimum Gasteiger partial charge on any atom is -0.462 e. The molecule has 2 rings (SSSR count). The molecule has 0 amide bonds. The lowest BCUT2D eigenvalue weighted by Crippen LogP contribution is -2.12.